The Bertz CT molecular complexity index is 632. The Labute approximate surface area is 115 Å². The van der Waals surface area contributed by atoms with Gasteiger partial charge >= 0.3 is 0 Å². The van der Waals surface area contributed by atoms with E-state index in [1.165, 1.54) is 0 Å². The summed E-state index contributed by atoms with van der Waals surface area (Å²) in [6.45, 7) is 0.458. The molecule has 0 aliphatic rings. The van der Waals surface area contributed by atoms with E-state index in [0.717, 1.165) is 0 Å². The largest absolute Gasteiger partial charge is 0.424 e. The highest BCUT2D eigenvalue weighted by Crippen LogP contribution is 2.21. The van der Waals surface area contributed by atoms with Crippen LogP contribution in [0.5, 0.6) is 0 Å². The van der Waals surface area contributed by atoms with Crippen LogP contribution in [0, 0.1) is 0 Å². The predicted molar refractivity (Wildman–Crippen MR) is 72.1 cm³/mol. The third kappa shape index (κ3) is 6.39. The van der Waals surface area contributed by atoms with Gasteiger partial charge in [0.05, 0.1) is 12.9 Å². The molecule has 0 aliphatic heterocycles. The summed E-state index contributed by atoms with van der Waals surface area (Å²) in [6.07, 6.45) is 0.715. The summed E-state index contributed by atoms with van der Waals surface area (Å²) >= 11 is 5.79. The molecular weight excluding hydrogens is 296 g/mol. The number of aliphatic hydroxyl groups is 1. The fourth-order valence-corrected chi connectivity index (χ4v) is 1.31. The van der Waals surface area contributed by atoms with Crippen LogP contribution in [-0.2, 0) is 10.1 Å². The molecule has 19 heavy (non-hydrogen) atoms. The summed E-state index contributed by atoms with van der Waals surface area (Å²) < 4.78 is 31.2. The number of halogens is 1. The Morgan fingerprint density at radius 2 is 2.11 bits per heavy atom. The molecule has 0 atom stereocenters. The summed E-state index contributed by atoms with van der Waals surface area (Å²) in [5.41, 5.74) is 1.38. The number of oxazole rings is 1. The lowest BCUT2D eigenvalue weighted by atomic mass is 10.3. The van der Waals surface area contributed by atoms with E-state index in [0.29, 0.717) is 34.9 Å². The quantitative estimate of drug-likeness (QED) is 0.734. The topological polar surface area (TPSA) is 113 Å². The second-order valence-corrected chi connectivity index (χ2v) is 5.42. The Hall–Kier alpha value is -1.35. The van der Waals surface area contributed by atoms with Gasteiger partial charge in [0.2, 0.25) is 0 Å². The molecule has 0 saturated heterocycles. The molecule has 2 aromatic rings. The molecule has 106 valence electrons. The van der Waals surface area contributed by atoms with E-state index in [2.05, 4.69) is 10.3 Å². The van der Waals surface area contributed by atoms with E-state index < -0.39 is 10.1 Å². The number of aromatic nitrogens is 1. The number of fused-ring (bicyclic) bond motifs is 1. The Morgan fingerprint density at radius 1 is 1.47 bits per heavy atom. The minimum absolute atomic E-state index is 0.0412. The van der Waals surface area contributed by atoms with Gasteiger partial charge in [0, 0.05) is 11.6 Å². The number of nitrogens with one attached hydrogen (secondary N) is 1. The Morgan fingerprint density at radius 3 is 2.68 bits per heavy atom. The molecule has 0 radical (unpaired) electrons. The molecule has 0 unspecified atom stereocenters. The van der Waals surface area contributed by atoms with Crippen molar-refractivity contribution in [3.8, 4) is 0 Å². The number of hydrogen-bond donors (Lipinski definition) is 3. The lowest BCUT2D eigenvalue weighted by Gasteiger charge is -1.94. The van der Waals surface area contributed by atoms with Crippen molar-refractivity contribution in [3.05, 3.63) is 23.2 Å². The maximum absolute atomic E-state index is 9.19. The first-order valence-electron chi connectivity index (χ1n) is 5.13. The summed E-state index contributed by atoms with van der Waals surface area (Å²) in [4.78, 5) is 4.14. The molecule has 0 bridgehead atoms. The van der Waals surface area contributed by atoms with Gasteiger partial charge in [-0.05, 0) is 18.2 Å². The average Bonchev–Trinajstić information content (AvgIpc) is 2.65. The molecule has 0 amide bonds. The van der Waals surface area contributed by atoms with Crippen molar-refractivity contribution in [2.75, 3.05) is 24.7 Å². The summed E-state index contributed by atoms with van der Waals surface area (Å²) in [5, 5.41) is 12.1. The number of benzene rings is 1. The first-order valence-corrected chi connectivity index (χ1v) is 7.35. The summed E-state index contributed by atoms with van der Waals surface area (Å²) in [7, 11) is -3.67. The predicted octanol–water partition coefficient (Wildman–Crippen LogP) is 1.39. The van der Waals surface area contributed by atoms with Crippen LogP contribution in [0.25, 0.3) is 11.1 Å². The van der Waals surface area contributed by atoms with E-state index in [1.54, 1.807) is 18.2 Å². The first kappa shape index (κ1) is 15.7. The number of aliphatic hydroxyl groups excluding tert-OH is 1. The highest BCUT2D eigenvalue weighted by Gasteiger charge is 2.04. The fraction of sp³-hybridized carbons (Fsp3) is 0.300. The van der Waals surface area contributed by atoms with Gasteiger partial charge in [-0.3, -0.25) is 4.55 Å². The van der Waals surface area contributed by atoms with Gasteiger partial charge in [-0.15, -0.1) is 0 Å². The van der Waals surface area contributed by atoms with Crippen LogP contribution in [0.2, 0.25) is 5.02 Å². The van der Waals surface area contributed by atoms with Gasteiger partial charge in [0.15, 0.2) is 5.58 Å². The lowest BCUT2D eigenvalue weighted by Crippen LogP contribution is -2.05. The van der Waals surface area contributed by atoms with E-state index in [1.807, 2.05) is 0 Å². The maximum Gasteiger partial charge on any atom is 0.295 e. The minimum Gasteiger partial charge on any atom is -0.424 e. The monoisotopic (exact) mass is 308 g/mol. The highest BCUT2D eigenvalue weighted by molar-refractivity contribution is 7.85. The third-order valence-corrected chi connectivity index (χ3v) is 1.97. The van der Waals surface area contributed by atoms with Crippen LogP contribution >= 0.6 is 11.6 Å². The maximum atomic E-state index is 9.19. The molecule has 7 nitrogen and oxygen atoms in total. The second kappa shape index (κ2) is 6.71. The van der Waals surface area contributed by atoms with Crippen LogP contribution in [0.3, 0.4) is 0 Å². The Kier molecular flexibility index (Phi) is 5.55. The van der Waals surface area contributed by atoms with Gasteiger partial charge in [-0.25, -0.2) is 0 Å². The van der Waals surface area contributed by atoms with Gasteiger partial charge in [-0.1, -0.05) is 11.6 Å². The molecule has 3 N–H and O–H groups in total. The van der Waals surface area contributed by atoms with E-state index in [9.17, 15) is 8.42 Å². The van der Waals surface area contributed by atoms with Crippen molar-refractivity contribution in [2.45, 2.75) is 0 Å². The van der Waals surface area contributed by atoms with Crippen molar-refractivity contribution in [1.29, 1.82) is 0 Å². The van der Waals surface area contributed by atoms with Crippen LogP contribution in [0.1, 0.15) is 0 Å². The number of hydrogen-bond acceptors (Lipinski definition) is 6. The van der Waals surface area contributed by atoms with Gasteiger partial charge in [0.1, 0.15) is 5.52 Å². The fourth-order valence-electron chi connectivity index (χ4n) is 1.14. The molecule has 9 heteroatoms. The number of nitrogens with zero attached hydrogens (tertiary/aromatic N) is 1. The van der Waals surface area contributed by atoms with E-state index in [4.69, 9.17) is 25.7 Å². The SMILES string of the molecule is CS(=O)(=O)O.OCCNc1nc2cc(Cl)ccc2o1. The van der Waals surface area contributed by atoms with E-state index in [-0.39, 0.29) is 6.61 Å². The number of rotatable bonds is 3. The van der Waals surface area contributed by atoms with Crippen molar-refractivity contribution < 1.29 is 22.5 Å². The normalized spacial score (nSPS) is 10.9. The lowest BCUT2D eigenvalue weighted by molar-refractivity contribution is 0.310. The second-order valence-electron chi connectivity index (χ2n) is 3.51. The van der Waals surface area contributed by atoms with Crippen LogP contribution < -0.4 is 5.32 Å². The average molecular weight is 309 g/mol. The zero-order valence-corrected chi connectivity index (χ0v) is 11.6. The first-order chi connectivity index (χ1) is 8.79. The number of anilines is 1. The van der Waals surface area contributed by atoms with Crippen LogP contribution in [-0.4, -0.2) is 42.5 Å². The smallest absolute Gasteiger partial charge is 0.295 e. The molecule has 1 aromatic heterocycles. The molecule has 2 rings (SSSR count). The zero-order valence-electron chi connectivity index (χ0n) is 10.00. The molecule has 0 fully saturated rings. The van der Waals surface area contributed by atoms with Crippen molar-refractivity contribution in [3.63, 3.8) is 0 Å². The van der Waals surface area contributed by atoms with E-state index >= 15 is 0 Å². The molecule has 0 aliphatic carbocycles. The minimum atomic E-state index is -3.67. The third-order valence-electron chi connectivity index (χ3n) is 1.74. The van der Waals surface area contributed by atoms with Gasteiger partial charge in [0.25, 0.3) is 16.1 Å². The molecule has 0 saturated carbocycles. The summed E-state index contributed by atoms with van der Waals surface area (Å²) in [5.74, 6) is 0. The van der Waals surface area contributed by atoms with Crippen LogP contribution in [0.4, 0.5) is 6.01 Å². The molecule has 0 spiro atoms. The molecule has 1 heterocycles. The van der Waals surface area contributed by atoms with Gasteiger partial charge in [-0.2, -0.15) is 13.4 Å². The Balaban J connectivity index is 0.000000312. The van der Waals surface area contributed by atoms with Crippen molar-refractivity contribution in [2.24, 2.45) is 0 Å². The van der Waals surface area contributed by atoms with Crippen molar-refractivity contribution >= 4 is 38.8 Å². The molecule has 1 aromatic carbocycles. The van der Waals surface area contributed by atoms with Gasteiger partial charge < -0.3 is 14.8 Å². The highest BCUT2D eigenvalue weighted by atomic mass is 35.5. The standard InChI is InChI=1S/C9H9ClN2O2.CH4O3S/c10-6-1-2-8-7(5-6)12-9(14-8)11-3-4-13;1-5(2,3)4/h1-2,5,13H,3-4H2,(H,11,12);1H3,(H,2,3,4). The van der Waals surface area contributed by atoms with Crippen LogP contribution in [0.15, 0.2) is 22.6 Å². The van der Waals surface area contributed by atoms with Crippen molar-refractivity contribution in [1.82, 2.24) is 4.98 Å². The molecular formula is C10H13ClN2O5S. The summed E-state index contributed by atoms with van der Waals surface area (Å²) in [6, 6.07) is 5.63. The zero-order chi connectivity index (χ0) is 14.5.